The van der Waals surface area contributed by atoms with Gasteiger partial charge >= 0.3 is 0 Å². The summed E-state index contributed by atoms with van der Waals surface area (Å²) in [5, 5.41) is 2.26. The molecule has 0 amide bonds. The molecule has 2 aliphatic rings. The van der Waals surface area contributed by atoms with E-state index in [1.54, 1.807) is 0 Å². The van der Waals surface area contributed by atoms with Crippen LogP contribution < -0.4 is 4.90 Å². The van der Waals surface area contributed by atoms with Gasteiger partial charge in [0.1, 0.15) is 11.2 Å². The van der Waals surface area contributed by atoms with Crippen molar-refractivity contribution in [1.29, 1.82) is 0 Å². The number of para-hydroxylation sites is 1. The molecule has 0 radical (unpaired) electrons. The quantitative estimate of drug-likeness (QED) is 0.159. The summed E-state index contributed by atoms with van der Waals surface area (Å²) in [5.74, 6) is 0. The molecule has 2 heteroatoms. The number of rotatable bonds is 7. The Labute approximate surface area is 379 Å². The van der Waals surface area contributed by atoms with Gasteiger partial charge in [-0.1, -0.05) is 194 Å². The lowest BCUT2D eigenvalue weighted by molar-refractivity contribution is 0.669. The molecule has 2 nitrogen and oxygen atoms in total. The highest BCUT2D eigenvalue weighted by atomic mass is 16.3. The molecule has 2 aliphatic carbocycles. The van der Waals surface area contributed by atoms with Gasteiger partial charge in [0, 0.05) is 33.1 Å². The fourth-order valence-electron chi connectivity index (χ4n) is 11.5. The summed E-state index contributed by atoms with van der Waals surface area (Å²) in [6.45, 7) is 2.40. The van der Waals surface area contributed by atoms with Crippen molar-refractivity contribution in [3.8, 4) is 33.4 Å². The third-order valence-electron chi connectivity index (χ3n) is 14.4. The smallest absolute Gasteiger partial charge is 0.136 e. The first-order chi connectivity index (χ1) is 32.1. The molecule has 10 aromatic carbocycles. The Morgan fingerprint density at radius 1 is 0.354 bits per heavy atom. The first-order valence-corrected chi connectivity index (χ1v) is 22.6. The van der Waals surface area contributed by atoms with E-state index >= 15 is 0 Å². The molecule has 1 unspecified atom stereocenters. The first kappa shape index (κ1) is 37.4. The summed E-state index contributed by atoms with van der Waals surface area (Å²) in [4.78, 5) is 2.51. The van der Waals surface area contributed by atoms with E-state index in [1.165, 1.54) is 61.2 Å². The zero-order valence-electron chi connectivity index (χ0n) is 35.9. The Kier molecular flexibility index (Phi) is 8.29. The molecule has 0 spiro atoms. The van der Waals surface area contributed by atoms with Crippen molar-refractivity contribution in [2.75, 3.05) is 4.90 Å². The topological polar surface area (TPSA) is 16.4 Å². The van der Waals surface area contributed by atoms with Crippen LogP contribution in [0.3, 0.4) is 0 Å². The Hall–Kier alpha value is -8.20. The highest BCUT2D eigenvalue weighted by molar-refractivity contribution is 6.06. The molecule has 0 fully saturated rings. The third-order valence-corrected chi connectivity index (χ3v) is 14.4. The minimum atomic E-state index is -0.545. The molecule has 1 atom stereocenters. The van der Waals surface area contributed by atoms with Gasteiger partial charge in [-0.3, -0.25) is 0 Å². The van der Waals surface area contributed by atoms with Crippen LogP contribution >= 0.6 is 0 Å². The molecule has 0 saturated heterocycles. The first-order valence-electron chi connectivity index (χ1n) is 22.6. The van der Waals surface area contributed by atoms with Gasteiger partial charge < -0.3 is 9.32 Å². The molecule has 0 aliphatic heterocycles. The summed E-state index contributed by atoms with van der Waals surface area (Å²) >= 11 is 0. The second kappa shape index (κ2) is 14.4. The van der Waals surface area contributed by atoms with E-state index < -0.39 is 5.41 Å². The zero-order valence-corrected chi connectivity index (χ0v) is 35.9. The second-order valence-corrected chi connectivity index (χ2v) is 17.7. The van der Waals surface area contributed by atoms with Crippen LogP contribution in [0.1, 0.15) is 45.9 Å². The molecular weight excluding hydrogens is 787 g/mol. The predicted octanol–water partition coefficient (Wildman–Crippen LogP) is 16.4. The van der Waals surface area contributed by atoms with E-state index in [1.807, 2.05) is 12.1 Å². The third kappa shape index (κ3) is 5.41. The average molecular weight is 830 g/mol. The van der Waals surface area contributed by atoms with Crippen LogP contribution in [-0.2, 0) is 10.8 Å². The van der Waals surface area contributed by atoms with E-state index in [-0.39, 0.29) is 5.41 Å². The van der Waals surface area contributed by atoms with Gasteiger partial charge in [-0.25, -0.2) is 0 Å². The lowest BCUT2D eigenvalue weighted by Gasteiger charge is -2.35. The molecule has 0 N–H and O–H groups in total. The molecule has 11 aromatic rings. The maximum atomic E-state index is 6.42. The van der Waals surface area contributed by atoms with E-state index in [0.29, 0.717) is 0 Å². The van der Waals surface area contributed by atoms with Crippen molar-refractivity contribution in [3.63, 3.8) is 0 Å². The predicted molar refractivity (Wildman–Crippen MR) is 269 cm³/mol. The standard InChI is InChI=1S/C63H43NO/c1-62(44-20-5-2-6-21-44)54-30-14-12-29-53(54)61-56(62)32-18-33-58(61)64(47-26-17-19-42(39-47)43-35-37-52-51-28-13-16-34-59(51)65-60(52)40-43)48-36-38-50-49-27-11-15-31-55(49)63(57(50)41-48,45-22-7-3-8-23-45)46-24-9-4-10-25-46/h2-41H,1H3. The van der Waals surface area contributed by atoms with Crippen molar-refractivity contribution in [3.05, 3.63) is 282 Å². The van der Waals surface area contributed by atoms with Gasteiger partial charge in [0.25, 0.3) is 0 Å². The summed E-state index contributed by atoms with van der Waals surface area (Å²) in [6.07, 6.45) is 0. The highest BCUT2D eigenvalue weighted by Gasteiger charge is 2.47. The van der Waals surface area contributed by atoms with Crippen LogP contribution in [0.5, 0.6) is 0 Å². The monoisotopic (exact) mass is 829 g/mol. The van der Waals surface area contributed by atoms with Crippen LogP contribution in [0.25, 0.3) is 55.3 Å². The van der Waals surface area contributed by atoms with Crippen LogP contribution in [0, 0.1) is 0 Å². The van der Waals surface area contributed by atoms with Crippen LogP contribution in [0.4, 0.5) is 17.1 Å². The molecule has 1 aromatic heterocycles. The molecule has 306 valence electrons. The summed E-state index contributed by atoms with van der Waals surface area (Å²) in [7, 11) is 0. The lowest BCUT2D eigenvalue weighted by Crippen LogP contribution is -2.28. The zero-order chi connectivity index (χ0) is 43.1. The van der Waals surface area contributed by atoms with Crippen molar-refractivity contribution < 1.29 is 4.42 Å². The van der Waals surface area contributed by atoms with Crippen molar-refractivity contribution in [2.45, 2.75) is 17.8 Å². The SMILES string of the molecule is CC1(c2ccccc2)c2ccccc2-c2c(N(c3cccc(-c4ccc5c(c4)oc4ccccc45)c3)c3ccc4c(c3)C(c3ccccc3)(c3ccccc3)c3ccccc3-4)cccc21. The van der Waals surface area contributed by atoms with Crippen LogP contribution in [-0.4, -0.2) is 0 Å². The normalized spacial score (nSPS) is 15.3. The molecule has 0 bridgehead atoms. The summed E-state index contributed by atoms with van der Waals surface area (Å²) in [6, 6.07) is 89.3. The number of benzene rings is 10. The van der Waals surface area contributed by atoms with E-state index in [4.69, 9.17) is 4.42 Å². The van der Waals surface area contributed by atoms with Crippen LogP contribution in [0.2, 0.25) is 0 Å². The Bertz CT molecular complexity index is 3580. The molecule has 65 heavy (non-hydrogen) atoms. The molecule has 0 saturated carbocycles. The van der Waals surface area contributed by atoms with Gasteiger partial charge in [-0.2, -0.15) is 0 Å². The van der Waals surface area contributed by atoms with E-state index in [9.17, 15) is 0 Å². The van der Waals surface area contributed by atoms with Crippen molar-refractivity contribution >= 4 is 39.0 Å². The number of nitrogens with zero attached hydrogens (tertiary/aromatic N) is 1. The minimum absolute atomic E-state index is 0.353. The van der Waals surface area contributed by atoms with E-state index in [0.717, 1.165) is 50.1 Å². The fraction of sp³-hybridized carbons (Fsp3) is 0.0476. The van der Waals surface area contributed by atoms with Gasteiger partial charge in [-0.15, -0.1) is 0 Å². The maximum absolute atomic E-state index is 6.42. The van der Waals surface area contributed by atoms with Crippen LogP contribution in [0.15, 0.2) is 247 Å². The number of hydrogen-bond donors (Lipinski definition) is 0. The van der Waals surface area contributed by atoms with Crippen molar-refractivity contribution in [2.24, 2.45) is 0 Å². The average Bonchev–Trinajstić information content (AvgIpc) is 3.99. The Morgan fingerprint density at radius 2 is 0.923 bits per heavy atom. The molecule has 1 heterocycles. The molecular formula is C63H43NO. The fourth-order valence-corrected chi connectivity index (χ4v) is 11.5. The van der Waals surface area contributed by atoms with Gasteiger partial charge in [-0.05, 0) is 122 Å². The van der Waals surface area contributed by atoms with Crippen molar-refractivity contribution in [1.82, 2.24) is 0 Å². The van der Waals surface area contributed by atoms with Gasteiger partial charge in [0.05, 0.1) is 11.1 Å². The lowest BCUT2D eigenvalue weighted by atomic mass is 9.67. The number of fused-ring (bicyclic) bond motifs is 9. The number of hydrogen-bond acceptors (Lipinski definition) is 2. The second-order valence-electron chi connectivity index (χ2n) is 17.7. The van der Waals surface area contributed by atoms with Gasteiger partial charge in [0.15, 0.2) is 0 Å². The number of furan rings is 1. The Morgan fingerprint density at radius 3 is 1.69 bits per heavy atom. The summed E-state index contributed by atoms with van der Waals surface area (Å²) in [5.41, 5.74) is 20.4. The largest absolute Gasteiger partial charge is 0.456 e. The Balaban J connectivity index is 1.08. The maximum Gasteiger partial charge on any atom is 0.136 e. The summed E-state index contributed by atoms with van der Waals surface area (Å²) < 4.78 is 6.42. The van der Waals surface area contributed by atoms with E-state index in [2.05, 4.69) is 242 Å². The van der Waals surface area contributed by atoms with Gasteiger partial charge in [0.2, 0.25) is 0 Å². The molecule has 13 rings (SSSR count). The number of anilines is 3. The minimum Gasteiger partial charge on any atom is -0.456 e. The highest BCUT2D eigenvalue weighted by Crippen LogP contribution is 2.60.